The minimum Gasteiger partial charge on any atom is -0.308 e. The van der Waals surface area contributed by atoms with Crippen LogP contribution in [0.3, 0.4) is 0 Å². The zero-order chi connectivity index (χ0) is 21.6. The Morgan fingerprint density at radius 1 is 1.38 bits per heavy atom. The van der Waals surface area contributed by atoms with Crippen LogP contribution < -0.4 is 9.63 Å². The molecule has 2 aromatic heterocycles. The van der Waals surface area contributed by atoms with Crippen molar-refractivity contribution in [3.05, 3.63) is 35.6 Å². The Labute approximate surface area is 174 Å². The van der Waals surface area contributed by atoms with Crippen molar-refractivity contribution in [3.8, 4) is 5.69 Å². The largest absolute Gasteiger partial charge is 0.389 e. The number of alkyl halides is 3. The Bertz CT molecular complexity index is 827. The number of carbonyl (C=O) groups excluding carboxylic acids is 1. The van der Waals surface area contributed by atoms with Gasteiger partial charge >= 0.3 is 6.18 Å². The summed E-state index contributed by atoms with van der Waals surface area (Å²) in [5, 5.41) is 13.5. The molecule has 160 valence electrons. The number of carbonyl (C=O) groups is 1. The molecule has 1 N–H and O–H groups in total. The fourth-order valence-corrected chi connectivity index (χ4v) is 3.65. The summed E-state index contributed by atoms with van der Waals surface area (Å²) in [6, 6.07) is 1.13. The van der Waals surface area contributed by atoms with E-state index in [1.807, 2.05) is 0 Å². The molecule has 0 radical (unpaired) electrons. The fraction of sp³-hybridized carbons (Fsp3) is 0.471. The minimum absolute atomic E-state index is 0.0109. The molecule has 0 aliphatic carbocycles. The van der Waals surface area contributed by atoms with Crippen LogP contribution in [-0.4, -0.2) is 45.1 Å². The van der Waals surface area contributed by atoms with Crippen LogP contribution in [0.15, 0.2) is 24.7 Å². The molecule has 12 heteroatoms. The van der Waals surface area contributed by atoms with Crippen molar-refractivity contribution in [1.82, 2.24) is 9.78 Å². The van der Waals surface area contributed by atoms with Gasteiger partial charge in [0.1, 0.15) is 11.4 Å². The second-order valence-corrected chi connectivity index (χ2v) is 7.64. The highest BCUT2D eigenvalue weighted by atomic mass is 35.5. The Morgan fingerprint density at radius 3 is 2.72 bits per heavy atom. The van der Waals surface area contributed by atoms with Crippen molar-refractivity contribution in [3.63, 3.8) is 0 Å². The third-order valence-electron chi connectivity index (χ3n) is 3.84. The molecule has 0 aliphatic rings. The van der Waals surface area contributed by atoms with Crippen molar-refractivity contribution in [2.24, 2.45) is 0 Å². The molecule has 6 nitrogen and oxygen atoms in total. The van der Waals surface area contributed by atoms with Gasteiger partial charge in [-0.05, 0) is 19.1 Å². The number of amides is 1. The van der Waals surface area contributed by atoms with Gasteiger partial charge in [0.25, 0.3) is 6.20 Å². The summed E-state index contributed by atoms with van der Waals surface area (Å²) in [7, 11) is 0. The molecule has 0 aliphatic heterocycles. The van der Waals surface area contributed by atoms with Crippen molar-refractivity contribution < 1.29 is 32.3 Å². The molecule has 0 saturated carbocycles. The van der Waals surface area contributed by atoms with E-state index in [1.165, 1.54) is 33.7 Å². The highest BCUT2D eigenvalue weighted by Gasteiger charge is 2.26. The Balaban J connectivity index is 1.98. The van der Waals surface area contributed by atoms with Crippen molar-refractivity contribution in [2.45, 2.75) is 32.4 Å². The molecular formula is C17H20ClF4N4O2S+. The summed E-state index contributed by atoms with van der Waals surface area (Å²) in [4.78, 5) is 13.9. The Kier molecular flexibility index (Phi) is 8.14. The van der Waals surface area contributed by atoms with Crippen LogP contribution in [0.25, 0.3) is 5.69 Å². The molecule has 0 spiro atoms. The summed E-state index contributed by atoms with van der Waals surface area (Å²) in [5.41, 5.74) is 0.513. The van der Waals surface area contributed by atoms with Crippen molar-refractivity contribution in [2.75, 3.05) is 23.0 Å². The maximum Gasteiger partial charge on any atom is 0.389 e. The molecule has 2 heterocycles. The first kappa shape index (κ1) is 23.3. The smallest absolute Gasteiger partial charge is 0.308 e. The lowest BCUT2D eigenvalue weighted by Crippen LogP contribution is -2.31. The van der Waals surface area contributed by atoms with E-state index in [1.54, 1.807) is 6.92 Å². The predicted octanol–water partition coefficient (Wildman–Crippen LogP) is 4.01. The average Bonchev–Trinajstić information content (AvgIpc) is 2.99. The maximum atomic E-state index is 13.5. The van der Waals surface area contributed by atoms with Crippen LogP contribution >= 0.6 is 23.4 Å². The summed E-state index contributed by atoms with van der Waals surface area (Å²) < 4.78 is 51.6. The zero-order valence-corrected chi connectivity index (χ0v) is 17.1. The van der Waals surface area contributed by atoms with Gasteiger partial charge in [0.15, 0.2) is 11.0 Å². The molecule has 0 atom stereocenters. The van der Waals surface area contributed by atoms with Gasteiger partial charge < -0.3 is 4.90 Å². The number of hydrogen-bond acceptors (Lipinski definition) is 4. The number of pyridine rings is 1. The van der Waals surface area contributed by atoms with Crippen LogP contribution in [0.4, 0.5) is 23.2 Å². The van der Waals surface area contributed by atoms with E-state index in [4.69, 9.17) is 11.6 Å². The topological polar surface area (TPSA) is 62.2 Å². The lowest BCUT2D eigenvalue weighted by molar-refractivity contribution is -0.905. The van der Waals surface area contributed by atoms with E-state index in [2.05, 4.69) is 5.10 Å². The summed E-state index contributed by atoms with van der Waals surface area (Å²) in [6.45, 7) is 2.04. The highest BCUT2D eigenvalue weighted by molar-refractivity contribution is 7.99. The molecule has 0 bridgehead atoms. The van der Waals surface area contributed by atoms with Crippen molar-refractivity contribution >= 4 is 35.0 Å². The SMILES string of the molecule is CCN(C(=O)CCSCCCC(F)(F)F)c1cn(-c2cc(F)c[n+](O)c2)nc1Cl. The zero-order valence-electron chi connectivity index (χ0n) is 15.5. The molecule has 0 fully saturated rings. The summed E-state index contributed by atoms with van der Waals surface area (Å²) in [5.74, 6) is -0.246. The van der Waals surface area contributed by atoms with Gasteiger partial charge in [0.05, 0.1) is 6.20 Å². The predicted molar refractivity (Wildman–Crippen MR) is 101 cm³/mol. The van der Waals surface area contributed by atoms with Gasteiger partial charge in [-0.1, -0.05) is 11.6 Å². The van der Waals surface area contributed by atoms with Gasteiger partial charge in [-0.3, -0.25) is 10.0 Å². The third-order valence-corrected chi connectivity index (χ3v) is 5.18. The minimum atomic E-state index is -4.16. The van der Waals surface area contributed by atoms with Gasteiger partial charge in [-0.25, -0.2) is 9.07 Å². The van der Waals surface area contributed by atoms with E-state index >= 15 is 0 Å². The number of thioether (sulfide) groups is 1. The quantitative estimate of drug-likeness (QED) is 0.268. The van der Waals surface area contributed by atoms with E-state index in [0.29, 0.717) is 28.5 Å². The summed E-state index contributed by atoms with van der Waals surface area (Å²) in [6.07, 6.45) is -1.34. The molecule has 1 amide bonds. The first-order valence-electron chi connectivity index (χ1n) is 8.72. The molecule has 0 aromatic carbocycles. The maximum absolute atomic E-state index is 13.5. The van der Waals surface area contributed by atoms with E-state index in [0.717, 1.165) is 12.3 Å². The monoisotopic (exact) mass is 455 g/mol. The number of aromatic nitrogens is 3. The number of nitrogens with zero attached hydrogens (tertiary/aromatic N) is 4. The van der Waals surface area contributed by atoms with Crippen LogP contribution in [-0.2, 0) is 4.79 Å². The Morgan fingerprint density at radius 2 is 2.10 bits per heavy atom. The van der Waals surface area contributed by atoms with Crippen molar-refractivity contribution in [1.29, 1.82) is 0 Å². The number of anilines is 1. The van der Waals surface area contributed by atoms with Gasteiger partial charge in [0.2, 0.25) is 12.1 Å². The average molecular weight is 456 g/mol. The van der Waals surface area contributed by atoms with Crippen LogP contribution in [0.1, 0.15) is 26.2 Å². The van der Waals surface area contributed by atoms with Gasteiger partial charge in [-0.15, -0.1) is 0 Å². The number of rotatable bonds is 9. The lowest BCUT2D eigenvalue weighted by Gasteiger charge is -2.19. The van der Waals surface area contributed by atoms with Gasteiger partial charge in [0, 0.05) is 35.9 Å². The van der Waals surface area contributed by atoms with Gasteiger partial charge in [-0.2, -0.15) is 30.0 Å². The highest BCUT2D eigenvalue weighted by Crippen LogP contribution is 2.27. The molecular weight excluding hydrogens is 436 g/mol. The van der Waals surface area contributed by atoms with E-state index < -0.39 is 18.4 Å². The Hall–Kier alpha value is -2.01. The second kappa shape index (κ2) is 10.1. The fourth-order valence-electron chi connectivity index (χ4n) is 2.55. The lowest BCUT2D eigenvalue weighted by atomic mass is 10.3. The third kappa shape index (κ3) is 7.07. The number of hydrogen-bond donors (Lipinski definition) is 1. The normalized spacial score (nSPS) is 11.7. The van der Waals surface area contributed by atoms with E-state index in [9.17, 15) is 27.6 Å². The first-order valence-corrected chi connectivity index (χ1v) is 10.3. The molecule has 2 rings (SSSR count). The van der Waals surface area contributed by atoms with E-state index in [-0.39, 0.29) is 29.6 Å². The van der Waals surface area contributed by atoms with Crippen LogP contribution in [0.2, 0.25) is 5.15 Å². The van der Waals surface area contributed by atoms with Crippen LogP contribution in [0.5, 0.6) is 0 Å². The molecule has 2 aromatic rings. The second-order valence-electron chi connectivity index (χ2n) is 6.06. The standard InChI is InChI=1S/C17H20ClF4N4O2S/c1-2-25(15(27)4-7-29-6-3-5-17(20,21)22)14-11-26(23-16(14)18)13-8-12(19)9-24(28)10-13/h8-11,28H,2-7H2,1H3/q+1. The molecule has 0 unspecified atom stereocenters. The molecule has 0 saturated heterocycles. The first-order chi connectivity index (χ1) is 13.6. The summed E-state index contributed by atoms with van der Waals surface area (Å²) >= 11 is 7.42. The number of halogens is 5. The van der Waals surface area contributed by atoms with Crippen LogP contribution in [0, 0.1) is 5.82 Å². The molecule has 29 heavy (non-hydrogen) atoms.